The molecule has 1 amide bonds. The molecule has 0 unspecified atom stereocenters. The van der Waals surface area contributed by atoms with Crippen LogP contribution in [0.2, 0.25) is 0 Å². The Balaban J connectivity index is 1.63. The molecule has 1 heterocycles. The van der Waals surface area contributed by atoms with Crippen molar-refractivity contribution in [1.82, 2.24) is 4.31 Å². The molecule has 1 saturated heterocycles. The molecule has 2 aromatic carbocycles. The number of nitrogens with zero attached hydrogens (tertiary/aromatic N) is 1. The monoisotopic (exact) mass is 408 g/mol. The first-order valence-electron chi connectivity index (χ1n) is 9.02. The molecule has 1 aliphatic rings. The molecule has 5 nitrogen and oxygen atoms in total. The van der Waals surface area contributed by atoms with Crippen LogP contribution in [0.4, 0.5) is 14.5 Å². The number of hydrogen-bond donors (Lipinski definition) is 1. The van der Waals surface area contributed by atoms with Gasteiger partial charge in [0.05, 0.1) is 4.90 Å². The summed E-state index contributed by atoms with van der Waals surface area (Å²) in [6.07, 6.45) is 0.721. The summed E-state index contributed by atoms with van der Waals surface area (Å²) in [7, 11) is -3.92. The fourth-order valence-corrected chi connectivity index (χ4v) is 4.69. The van der Waals surface area contributed by atoms with Crippen molar-refractivity contribution in [3.8, 4) is 0 Å². The minimum atomic E-state index is -3.92. The Morgan fingerprint density at radius 3 is 2.29 bits per heavy atom. The van der Waals surface area contributed by atoms with E-state index in [1.54, 1.807) is 0 Å². The molecule has 0 radical (unpaired) electrons. The van der Waals surface area contributed by atoms with Crippen LogP contribution < -0.4 is 5.32 Å². The first kappa shape index (κ1) is 20.4. The zero-order valence-electron chi connectivity index (χ0n) is 15.7. The number of carbonyl (C=O) groups is 1. The van der Waals surface area contributed by atoms with E-state index in [-0.39, 0.29) is 29.8 Å². The summed E-state index contributed by atoms with van der Waals surface area (Å²) in [5, 5.41) is 2.88. The van der Waals surface area contributed by atoms with Gasteiger partial charge in [0, 0.05) is 24.7 Å². The number of sulfonamides is 1. The summed E-state index contributed by atoms with van der Waals surface area (Å²) in [6.45, 7) is 4.25. The van der Waals surface area contributed by atoms with Gasteiger partial charge in [-0.15, -0.1) is 0 Å². The zero-order chi connectivity index (χ0) is 20.5. The highest BCUT2D eigenvalue weighted by atomic mass is 32.2. The van der Waals surface area contributed by atoms with Gasteiger partial charge in [-0.05, 0) is 68.1 Å². The fourth-order valence-electron chi connectivity index (χ4n) is 3.21. The third-order valence-corrected chi connectivity index (χ3v) is 7.02. The molecule has 1 N–H and O–H groups in total. The van der Waals surface area contributed by atoms with Crippen molar-refractivity contribution >= 4 is 21.6 Å². The number of amides is 1. The highest BCUT2D eigenvalue weighted by Crippen LogP contribution is 2.26. The minimum absolute atomic E-state index is 0.145. The van der Waals surface area contributed by atoms with Crippen LogP contribution in [0.3, 0.4) is 0 Å². The Bertz CT molecular complexity index is 1000. The highest BCUT2D eigenvalue weighted by Gasteiger charge is 2.32. The number of anilines is 1. The first-order chi connectivity index (χ1) is 13.2. The zero-order valence-corrected chi connectivity index (χ0v) is 16.5. The lowest BCUT2D eigenvalue weighted by atomic mass is 9.97. The maximum Gasteiger partial charge on any atom is 0.243 e. The van der Waals surface area contributed by atoms with Gasteiger partial charge in [0.25, 0.3) is 0 Å². The number of nitrogens with one attached hydrogen (secondary N) is 1. The molecule has 0 aliphatic carbocycles. The van der Waals surface area contributed by atoms with Crippen LogP contribution in [-0.2, 0) is 14.8 Å². The SMILES string of the molecule is Cc1ccc(NC(=O)C2CCN(S(=O)(=O)c3ccc(F)c(F)c3)CC2)cc1C. The van der Waals surface area contributed by atoms with Crippen LogP contribution >= 0.6 is 0 Å². The predicted octanol–water partition coefficient (Wildman–Crippen LogP) is 3.62. The lowest BCUT2D eigenvalue weighted by Crippen LogP contribution is -2.41. The van der Waals surface area contributed by atoms with Gasteiger partial charge in [0.1, 0.15) is 0 Å². The summed E-state index contributed by atoms with van der Waals surface area (Å²) in [5.41, 5.74) is 2.92. The number of halogens is 2. The van der Waals surface area contributed by atoms with Gasteiger partial charge in [-0.3, -0.25) is 4.79 Å². The topological polar surface area (TPSA) is 66.5 Å². The number of aryl methyl sites for hydroxylation is 2. The van der Waals surface area contributed by atoms with Crippen molar-refractivity contribution in [3.05, 3.63) is 59.2 Å². The van der Waals surface area contributed by atoms with Crippen molar-refractivity contribution in [2.24, 2.45) is 5.92 Å². The molecule has 28 heavy (non-hydrogen) atoms. The van der Waals surface area contributed by atoms with Crippen molar-refractivity contribution in [3.63, 3.8) is 0 Å². The third kappa shape index (κ3) is 4.23. The molecule has 0 saturated carbocycles. The van der Waals surface area contributed by atoms with Crippen molar-refractivity contribution in [1.29, 1.82) is 0 Å². The van der Waals surface area contributed by atoms with Gasteiger partial charge in [0.15, 0.2) is 11.6 Å². The molecule has 150 valence electrons. The van der Waals surface area contributed by atoms with Crippen LogP contribution in [0.25, 0.3) is 0 Å². The lowest BCUT2D eigenvalue weighted by molar-refractivity contribution is -0.120. The fraction of sp³-hybridized carbons (Fsp3) is 0.350. The normalized spacial score (nSPS) is 16.1. The van der Waals surface area contributed by atoms with Gasteiger partial charge >= 0.3 is 0 Å². The number of hydrogen-bond acceptors (Lipinski definition) is 3. The number of carbonyl (C=O) groups excluding carboxylic acids is 1. The Labute approximate surface area is 163 Å². The molecular weight excluding hydrogens is 386 g/mol. The van der Waals surface area contributed by atoms with Crippen LogP contribution in [0, 0.1) is 31.4 Å². The van der Waals surface area contributed by atoms with Crippen LogP contribution in [-0.4, -0.2) is 31.7 Å². The smallest absolute Gasteiger partial charge is 0.243 e. The largest absolute Gasteiger partial charge is 0.326 e. The summed E-state index contributed by atoms with van der Waals surface area (Å²) in [5.74, 6) is -2.75. The average molecular weight is 408 g/mol. The van der Waals surface area contributed by atoms with E-state index in [1.165, 1.54) is 4.31 Å². The molecule has 0 bridgehead atoms. The van der Waals surface area contributed by atoms with Crippen LogP contribution in [0.1, 0.15) is 24.0 Å². The summed E-state index contributed by atoms with van der Waals surface area (Å²) >= 11 is 0. The minimum Gasteiger partial charge on any atom is -0.326 e. The lowest BCUT2D eigenvalue weighted by Gasteiger charge is -2.30. The van der Waals surface area contributed by atoms with E-state index in [2.05, 4.69) is 5.32 Å². The van der Waals surface area contributed by atoms with E-state index < -0.39 is 21.7 Å². The number of piperidine rings is 1. The van der Waals surface area contributed by atoms with E-state index in [9.17, 15) is 22.0 Å². The molecule has 1 fully saturated rings. The average Bonchev–Trinajstić information content (AvgIpc) is 2.67. The van der Waals surface area contributed by atoms with Crippen LogP contribution in [0.5, 0.6) is 0 Å². The molecule has 1 aliphatic heterocycles. The van der Waals surface area contributed by atoms with Gasteiger partial charge in [-0.1, -0.05) is 6.07 Å². The Hall–Kier alpha value is -2.32. The summed E-state index contributed by atoms with van der Waals surface area (Å²) < 4.78 is 52.9. The molecule has 8 heteroatoms. The van der Waals surface area contributed by atoms with E-state index in [4.69, 9.17) is 0 Å². The number of benzene rings is 2. The summed E-state index contributed by atoms with van der Waals surface area (Å²) in [4.78, 5) is 12.2. The second-order valence-corrected chi connectivity index (χ2v) is 8.98. The van der Waals surface area contributed by atoms with Gasteiger partial charge in [0.2, 0.25) is 15.9 Å². The van der Waals surface area contributed by atoms with E-state index in [0.717, 1.165) is 23.3 Å². The van der Waals surface area contributed by atoms with Crippen molar-refractivity contribution in [2.45, 2.75) is 31.6 Å². The Morgan fingerprint density at radius 1 is 1.00 bits per heavy atom. The molecule has 2 aromatic rings. The Morgan fingerprint density at radius 2 is 1.68 bits per heavy atom. The van der Waals surface area contributed by atoms with Crippen LogP contribution in [0.15, 0.2) is 41.3 Å². The van der Waals surface area contributed by atoms with Gasteiger partial charge in [-0.2, -0.15) is 4.31 Å². The summed E-state index contributed by atoms with van der Waals surface area (Å²) in [6, 6.07) is 8.20. The molecule has 0 atom stereocenters. The van der Waals surface area contributed by atoms with Crippen molar-refractivity contribution < 1.29 is 22.0 Å². The molecular formula is C20H22F2N2O3S. The molecule has 0 aromatic heterocycles. The quantitative estimate of drug-likeness (QED) is 0.840. The second kappa shape index (κ2) is 7.97. The molecule has 3 rings (SSSR count). The Kier molecular flexibility index (Phi) is 5.81. The second-order valence-electron chi connectivity index (χ2n) is 7.04. The van der Waals surface area contributed by atoms with E-state index >= 15 is 0 Å². The van der Waals surface area contributed by atoms with E-state index in [0.29, 0.717) is 24.6 Å². The van der Waals surface area contributed by atoms with Gasteiger partial charge < -0.3 is 5.32 Å². The number of rotatable bonds is 4. The molecule has 0 spiro atoms. The van der Waals surface area contributed by atoms with E-state index in [1.807, 2.05) is 32.0 Å². The standard InChI is InChI=1S/C20H22F2N2O3S/c1-13-3-4-16(11-14(13)2)23-20(25)15-7-9-24(10-8-15)28(26,27)17-5-6-18(21)19(22)12-17/h3-6,11-12,15H,7-10H2,1-2H3,(H,23,25). The first-order valence-corrected chi connectivity index (χ1v) is 10.5. The maximum absolute atomic E-state index is 13.4. The highest BCUT2D eigenvalue weighted by molar-refractivity contribution is 7.89. The predicted molar refractivity (Wildman–Crippen MR) is 102 cm³/mol. The third-order valence-electron chi connectivity index (χ3n) is 5.13. The maximum atomic E-state index is 13.4. The van der Waals surface area contributed by atoms with Gasteiger partial charge in [-0.25, -0.2) is 17.2 Å². The van der Waals surface area contributed by atoms with Crippen molar-refractivity contribution in [2.75, 3.05) is 18.4 Å².